The zero-order valence-electron chi connectivity index (χ0n) is 14.3. The summed E-state index contributed by atoms with van der Waals surface area (Å²) in [5.74, 6) is -2.08. The summed E-state index contributed by atoms with van der Waals surface area (Å²) in [6.07, 6.45) is 0.280. The fourth-order valence-corrected chi connectivity index (χ4v) is 5.20. The third kappa shape index (κ3) is 2.61. The highest BCUT2D eigenvalue weighted by Gasteiger charge is 2.53. The number of nitrogens with zero attached hydrogens (tertiary/aromatic N) is 1. The number of anilines is 1. The number of carbonyl (C=O) groups excluding carboxylic acids is 1. The molecular formula is C18H16F2N2O4S. The molecule has 1 atom stereocenters. The van der Waals surface area contributed by atoms with Gasteiger partial charge >= 0.3 is 0 Å². The van der Waals surface area contributed by atoms with E-state index in [1.165, 1.54) is 7.11 Å². The van der Waals surface area contributed by atoms with E-state index >= 15 is 0 Å². The molecule has 1 saturated heterocycles. The summed E-state index contributed by atoms with van der Waals surface area (Å²) in [6.45, 7) is 0.00568. The molecule has 4 rings (SSSR count). The molecule has 2 aromatic rings. The van der Waals surface area contributed by atoms with E-state index in [1.54, 1.807) is 18.2 Å². The van der Waals surface area contributed by atoms with Gasteiger partial charge in [0.2, 0.25) is 15.9 Å². The van der Waals surface area contributed by atoms with Crippen molar-refractivity contribution in [1.82, 2.24) is 4.31 Å². The van der Waals surface area contributed by atoms with Crippen LogP contribution in [0.5, 0.6) is 5.75 Å². The van der Waals surface area contributed by atoms with E-state index < -0.39 is 27.1 Å². The Hall–Kier alpha value is -2.52. The van der Waals surface area contributed by atoms with Gasteiger partial charge in [-0.25, -0.2) is 17.2 Å². The maximum absolute atomic E-state index is 13.5. The lowest BCUT2D eigenvalue weighted by atomic mass is 9.81. The number of fused-ring (bicyclic) bond motifs is 2. The number of rotatable bonds is 3. The van der Waals surface area contributed by atoms with E-state index in [1.807, 2.05) is 0 Å². The maximum Gasteiger partial charge on any atom is 0.243 e. The quantitative estimate of drug-likeness (QED) is 0.867. The standard InChI is InChI=1S/C18H16F2N2O4S/c1-26-11-2-5-16-13(8-11)18(17(23)21-16)6-7-22(10-18)27(24,25)12-3-4-14(19)15(20)9-12/h2-5,8-9H,6-7,10H2,1H3,(H,21,23)/t18-/m1/s1. The first-order valence-corrected chi connectivity index (χ1v) is 9.67. The van der Waals surface area contributed by atoms with Crippen molar-refractivity contribution in [2.45, 2.75) is 16.7 Å². The summed E-state index contributed by atoms with van der Waals surface area (Å²) in [4.78, 5) is 12.3. The van der Waals surface area contributed by atoms with E-state index in [9.17, 15) is 22.0 Å². The van der Waals surface area contributed by atoms with Gasteiger partial charge in [-0.2, -0.15) is 4.31 Å². The van der Waals surface area contributed by atoms with Crippen molar-refractivity contribution in [2.24, 2.45) is 0 Å². The summed E-state index contributed by atoms with van der Waals surface area (Å²) in [6, 6.07) is 7.60. The molecule has 1 N–H and O–H groups in total. The van der Waals surface area contributed by atoms with E-state index in [0.29, 0.717) is 23.1 Å². The van der Waals surface area contributed by atoms with Crippen LogP contribution in [0.3, 0.4) is 0 Å². The topological polar surface area (TPSA) is 75.7 Å². The SMILES string of the molecule is COc1ccc2c(c1)[C@]1(CCN(S(=O)(=O)c3ccc(F)c(F)c3)C1)C(=O)N2. The van der Waals surface area contributed by atoms with E-state index in [2.05, 4.69) is 5.32 Å². The highest BCUT2D eigenvalue weighted by Crippen LogP contribution is 2.46. The number of benzene rings is 2. The van der Waals surface area contributed by atoms with E-state index in [-0.39, 0.29) is 30.3 Å². The number of methoxy groups -OCH3 is 1. The summed E-state index contributed by atoms with van der Waals surface area (Å²) >= 11 is 0. The molecular weight excluding hydrogens is 378 g/mol. The third-order valence-corrected chi connectivity index (χ3v) is 7.03. The Morgan fingerprint density at radius 2 is 1.93 bits per heavy atom. The molecule has 6 nitrogen and oxygen atoms in total. The van der Waals surface area contributed by atoms with Gasteiger partial charge in [0, 0.05) is 18.8 Å². The smallest absolute Gasteiger partial charge is 0.243 e. The van der Waals surface area contributed by atoms with Crippen LogP contribution >= 0.6 is 0 Å². The Kier molecular flexibility index (Phi) is 3.97. The van der Waals surface area contributed by atoms with Crippen molar-refractivity contribution in [3.05, 3.63) is 53.6 Å². The van der Waals surface area contributed by atoms with Gasteiger partial charge in [-0.05, 0) is 48.4 Å². The van der Waals surface area contributed by atoms with E-state index in [4.69, 9.17) is 4.74 Å². The van der Waals surface area contributed by atoms with Crippen LogP contribution in [0.1, 0.15) is 12.0 Å². The molecule has 0 aliphatic carbocycles. The molecule has 1 fully saturated rings. The largest absolute Gasteiger partial charge is 0.497 e. The molecule has 9 heteroatoms. The molecule has 2 aliphatic rings. The van der Waals surface area contributed by atoms with E-state index in [0.717, 1.165) is 16.4 Å². The van der Waals surface area contributed by atoms with Crippen molar-refractivity contribution in [2.75, 3.05) is 25.5 Å². The highest BCUT2D eigenvalue weighted by atomic mass is 32.2. The lowest BCUT2D eigenvalue weighted by Gasteiger charge is -2.22. The predicted octanol–water partition coefficient (Wildman–Crippen LogP) is 2.26. The van der Waals surface area contributed by atoms with Crippen molar-refractivity contribution >= 4 is 21.6 Å². The number of amides is 1. The van der Waals surface area contributed by atoms with Crippen LogP contribution in [0.15, 0.2) is 41.3 Å². The molecule has 1 amide bonds. The number of carbonyl (C=O) groups is 1. The average molecular weight is 394 g/mol. The minimum atomic E-state index is -4.07. The minimum Gasteiger partial charge on any atom is -0.497 e. The number of halogens is 2. The predicted molar refractivity (Wildman–Crippen MR) is 93.0 cm³/mol. The Balaban J connectivity index is 1.71. The second kappa shape index (κ2) is 6.00. The summed E-state index contributed by atoms with van der Waals surface area (Å²) < 4.78 is 58.7. The van der Waals surface area contributed by atoms with Crippen LogP contribution in [-0.2, 0) is 20.2 Å². The fraction of sp³-hybridized carbons (Fsp3) is 0.278. The normalized spacial score (nSPS) is 22.1. The van der Waals surface area contributed by atoms with Gasteiger partial charge in [-0.15, -0.1) is 0 Å². The van der Waals surface area contributed by atoms with Crippen LogP contribution in [0, 0.1) is 11.6 Å². The summed E-state index contributed by atoms with van der Waals surface area (Å²) in [7, 11) is -2.56. The zero-order chi connectivity index (χ0) is 19.4. The van der Waals surface area contributed by atoms with Crippen LogP contribution in [-0.4, -0.2) is 38.8 Å². The summed E-state index contributed by atoms with van der Waals surface area (Å²) in [5.41, 5.74) is 0.262. The molecule has 0 aromatic heterocycles. The van der Waals surface area contributed by atoms with Gasteiger partial charge in [0.1, 0.15) is 5.75 Å². The van der Waals surface area contributed by atoms with Crippen molar-refractivity contribution in [1.29, 1.82) is 0 Å². The molecule has 27 heavy (non-hydrogen) atoms. The first kappa shape index (κ1) is 17.9. The van der Waals surface area contributed by atoms with Crippen molar-refractivity contribution < 1.29 is 26.7 Å². The van der Waals surface area contributed by atoms with Crippen LogP contribution < -0.4 is 10.1 Å². The molecule has 2 heterocycles. The number of ether oxygens (including phenoxy) is 1. The molecule has 142 valence electrons. The van der Waals surface area contributed by atoms with Crippen LogP contribution in [0.2, 0.25) is 0 Å². The van der Waals surface area contributed by atoms with Crippen LogP contribution in [0.4, 0.5) is 14.5 Å². The maximum atomic E-state index is 13.5. The first-order chi connectivity index (χ1) is 12.8. The monoisotopic (exact) mass is 394 g/mol. The minimum absolute atomic E-state index is 0.0830. The van der Waals surface area contributed by atoms with Crippen molar-refractivity contribution in [3.8, 4) is 5.75 Å². The molecule has 0 radical (unpaired) electrons. The lowest BCUT2D eigenvalue weighted by Crippen LogP contribution is -2.39. The molecule has 2 aromatic carbocycles. The molecule has 1 spiro atoms. The number of hydrogen-bond donors (Lipinski definition) is 1. The second-order valence-corrected chi connectivity index (χ2v) is 8.55. The van der Waals surface area contributed by atoms with Gasteiger partial charge in [0.25, 0.3) is 0 Å². The Bertz CT molecular complexity index is 1060. The van der Waals surface area contributed by atoms with Gasteiger partial charge in [-0.3, -0.25) is 4.79 Å². The van der Waals surface area contributed by atoms with Gasteiger partial charge < -0.3 is 10.1 Å². The summed E-state index contributed by atoms with van der Waals surface area (Å²) in [5, 5.41) is 2.78. The number of sulfonamides is 1. The first-order valence-electron chi connectivity index (χ1n) is 8.23. The zero-order valence-corrected chi connectivity index (χ0v) is 15.1. The molecule has 0 bridgehead atoms. The Labute approximate surface area is 154 Å². The number of nitrogens with one attached hydrogen (secondary N) is 1. The van der Waals surface area contributed by atoms with Gasteiger partial charge in [0.15, 0.2) is 11.6 Å². The molecule has 0 saturated carbocycles. The van der Waals surface area contributed by atoms with Crippen LogP contribution in [0.25, 0.3) is 0 Å². The third-order valence-electron chi connectivity index (χ3n) is 5.19. The second-order valence-electron chi connectivity index (χ2n) is 6.61. The fourth-order valence-electron chi connectivity index (χ4n) is 3.69. The highest BCUT2D eigenvalue weighted by molar-refractivity contribution is 7.89. The van der Waals surface area contributed by atoms with Crippen molar-refractivity contribution in [3.63, 3.8) is 0 Å². The van der Waals surface area contributed by atoms with Gasteiger partial charge in [0.05, 0.1) is 17.4 Å². The molecule has 2 aliphatic heterocycles. The van der Waals surface area contributed by atoms with Gasteiger partial charge in [-0.1, -0.05) is 0 Å². The lowest BCUT2D eigenvalue weighted by molar-refractivity contribution is -0.120. The average Bonchev–Trinajstić information content (AvgIpc) is 3.21. The number of hydrogen-bond acceptors (Lipinski definition) is 4. The Morgan fingerprint density at radius 1 is 1.15 bits per heavy atom. The molecule has 0 unspecified atom stereocenters. The Morgan fingerprint density at radius 3 is 2.63 bits per heavy atom.